The van der Waals surface area contributed by atoms with Gasteiger partial charge in [-0.2, -0.15) is 0 Å². The molecule has 0 fully saturated rings. The Morgan fingerprint density at radius 1 is 0.727 bits per heavy atom. The molecule has 0 atom stereocenters. The van der Waals surface area contributed by atoms with Gasteiger partial charge < -0.3 is 10.2 Å². The van der Waals surface area contributed by atoms with Crippen LogP contribution in [0.15, 0.2) is 24.3 Å². The Bertz CT molecular complexity index is 399. The van der Waals surface area contributed by atoms with Crippen molar-refractivity contribution in [3.63, 3.8) is 0 Å². The van der Waals surface area contributed by atoms with Crippen molar-refractivity contribution >= 4 is 11.9 Å². The summed E-state index contributed by atoms with van der Waals surface area (Å²) in [6.07, 6.45) is 5.82. The number of carboxylic acids is 2. The molecule has 0 saturated heterocycles. The molecule has 4 nitrogen and oxygen atoms in total. The number of benzene rings is 1. The van der Waals surface area contributed by atoms with Gasteiger partial charge in [0.25, 0.3) is 0 Å². The molecule has 0 aliphatic heterocycles. The maximum atomic E-state index is 10.1. The summed E-state index contributed by atoms with van der Waals surface area (Å²) in [5.41, 5.74) is 2.74. The lowest BCUT2D eigenvalue weighted by Crippen LogP contribution is -1.94. The van der Waals surface area contributed by atoms with Crippen LogP contribution in [0.1, 0.15) is 62.5 Å². The third-order valence-electron chi connectivity index (χ3n) is 3.46. The zero-order chi connectivity index (χ0) is 16.8. The van der Waals surface area contributed by atoms with Crippen molar-refractivity contribution in [1.82, 2.24) is 0 Å². The quantitative estimate of drug-likeness (QED) is 0.655. The van der Waals surface area contributed by atoms with Crippen LogP contribution >= 0.6 is 0 Å². The lowest BCUT2D eigenvalue weighted by atomic mass is 10.1. The van der Waals surface area contributed by atoms with E-state index in [1.807, 2.05) is 0 Å². The Morgan fingerprint density at radius 3 is 1.32 bits per heavy atom. The van der Waals surface area contributed by atoms with E-state index in [0.717, 1.165) is 38.5 Å². The zero-order valence-electron chi connectivity index (χ0n) is 13.7. The average molecular weight is 308 g/mol. The second kappa shape index (κ2) is 12.9. The Labute approximate surface area is 133 Å². The summed E-state index contributed by atoms with van der Waals surface area (Å²) in [7, 11) is 0. The molecule has 1 aromatic carbocycles. The molecule has 1 rings (SSSR count). The summed E-state index contributed by atoms with van der Waals surface area (Å²) in [5, 5.41) is 16.7. The van der Waals surface area contributed by atoms with Crippen LogP contribution < -0.4 is 0 Å². The highest BCUT2D eigenvalue weighted by Gasteiger charge is 1.98. The molecular formula is C18H28O4. The van der Waals surface area contributed by atoms with Crippen LogP contribution in [-0.2, 0) is 9.59 Å². The first kappa shape index (κ1) is 20.2. The smallest absolute Gasteiger partial charge is 0.303 e. The van der Waals surface area contributed by atoms with Gasteiger partial charge in [-0.25, -0.2) is 0 Å². The Kier molecular flexibility index (Phi) is 11.8. The molecule has 0 aliphatic carbocycles. The normalized spacial score (nSPS) is 9.73. The van der Waals surface area contributed by atoms with E-state index in [0.29, 0.717) is 0 Å². The number of unbranched alkanes of at least 4 members (excludes halogenated alkanes) is 5. The van der Waals surface area contributed by atoms with Gasteiger partial charge >= 0.3 is 11.9 Å². The number of hydrogen-bond donors (Lipinski definition) is 2. The van der Waals surface area contributed by atoms with Gasteiger partial charge in [-0.1, -0.05) is 49.9 Å². The second-order valence-corrected chi connectivity index (χ2v) is 5.49. The number of aryl methyl sites for hydroxylation is 2. The Hall–Kier alpha value is -1.84. The largest absolute Gasteiger partial charge is 0.481 e. The van der Waals surface area contributed by atoms with Crippen LogP contribution in [0.2, 0.25) is 0 Å². The molecule has 1 aromatic rings. The van der Waals surface area contributed by atoms with Crippen LogP contribution in [0.5, 0.6) is 0 Å². The lowest BCUT2D eigenvalue weighted by Gasteiger charge is -1.98. The van der Waals surface area contributed by atoms with Gasteiger partial charge in [-0.05, 0) is 37.8 Å². The summed E-state index contributed by atoms with van der Waals surface area (Å²) in [6.45, 7) is 4.24. The predicted molar refractivity (Wildman–Crippen MR) is 88.1 cm³/mol. The molecule has 0 aliphatic rings. The van der Waals surface area contributed by atoms with Crippen LogP contribution in [0.25, 0.3) is 0 Å². The van der Waals surface area contributed by atoms with Gasteiger partial charge in [0.15, 0.2) is 0 Å². The summed E-state index contributed by atoms with van der Waals surface area (Å²) in [4.78, 5) is 20.3. The van der Waals surface area contributed by atoms with E-state index in [1.165, 1.54) is 11.1 Å². The van der Waals surface area contributed by atoms with Gasteiger partial charge in [0.1, 0.15) is 0 Å². The molecule has 0 bridgehead atoms. The van der Waals surface area contributed by atoms with Crippen molar-refractivity contribution in [2.45, 2.75) is 65.2 Å². The summed E-state index contributed by atoms with van der Waals surface area (Å²) in [6, 6.07) is 8.36. The number of carbonyl (C=O) groups is 2. The second-order valence-electron chi connectivity index (χ2n) is 5.49. The molecule has 0 aromatic heterocycles. The molecule has 0 amide bonds. The third-order valence-corrected chi connectivity index (χ3v) is 3.46. The molecule has 124 valence electrons. The van der Waals surface area contributed by atoms with Gasteiger partial charge in [-0.15, -0.1) is 0 Å². The monoisotopic (exact) mass is 308 g/mol. The molecule has 0 radical (unpaired) electrons. The molecule has 2 N–H and O–H groups in total. The van der Waals surface area contributed by atoms with Crippen molar-refractivity contribution in [3.05, 3.63) is 35.4 Å². The van der Waals surface area contributed by atoms with Gasteiger partial charge in [0.05, 0.1) is 0 Å². The van der Waals surface area contributed by atoms with Crippen LogP contribution in [0.4, 0.5) is 0 Å². The van der Waals surface area contributed by atoms with Crippen LogP contribution in [0.3, 0.4) is 0 Å². The molecule has 22 heavy (non-hydrogen) atoms. The van der Waals surface area contributed by atoms with Gasteiger partial charge in [0, 0.05) is 12.8 Å². The summed E-state index contributed by atoms with van der Waals surface area (Å²) in [5.74, 6) is -1.48. The molecule has 0 saturated carbocycles. The maximum Gasteiger partial charge on any atom is 0.303 e. The van der Waals surface area contributed by atoms with E-state index in [2.05, 4.69) is 38.1 Å². The lowest BCUT2D eigenvalue weighted by molar-refractivity contribution is -0.138. The zero-order valence-corrected chi connectivity index (χ0v) is 13.7. The highest BCUT2D eigenvalue weighted by molar-refractivity contribution is 5.66. The summed E-state index contributed by atoms with van der Waals surface area (Å²) >= 11 is 0. The SMILES string of the molecule is Cc1ccccc1C.O=C(O)CCCCCCCCC(=O)O. The van der Waals surface area contributed by atoms with E-state index >= 15 is 0 Å². The minimum absolute atomic E-state index is 0.245. The Morgan fingerprint density at radius 2 is 1.05 bits per heavy atom. The minimum Gasteiger partial charge on any atom is -0.481 e. The predicted octanol–water partition coefficient (Wildman–Crippen LogP) is 4.58. The number of rotatable bonds is 9. The number of hydrogen-bond acceptors (Lipinski definition) is 2. The molecule has 0 heterocycles. The third kappa shape index (κ3) is 13.2. The van der Waals surface area contributed by atoms with E-state index in [9.17, 15) is 9.59 Å². The molecule has 0 unspecified atom stereocenters. The number of aliphatic carboxylic acids is 2. The van der Waals surface area contributed by atoms with E-state index in [-0.39, 0.29) is 12.8 Å². The van der Waals surface area contributed by atoms with Crippen LogP contribution in [-0.4, -0.2) is 22.2 Å². The van der Waals surface area contributed by atoms with Crippen molar-refractivity contribution in [3.8, 4) is 0 Å². The van der Waals surface area contributed by atoms with Crippen molar-refractivity contribution in [2.75, 3.05) is 0 Å². The average Bonchev–Trinajstić information content (AvgIpc) is 2.45. The van der Waals surface area contributed by atoms with E-state index in [1.54, 1.807) is 0 Å². The first-order valence-electron chi connectivity index (χ1n) is 7.89. The van der Waals surface area contributed by atoms with Gasteiger partial charge in [0.2, 0.25) is 0 Å². The fourth-order valence-corrected chi connectivity index (χ4v) is 1.92. The van der Waals surface area contributed by atoms with Crippen molar-refractivity contribution in [2.24, 2.45) is 0 Å². The minimum atomic E-state index is -0.740. The van der Waals surface area contributed by atoms with E-state index in [4.69, 9.17) is 10.2 Å². The fraction of sp³-hybridized carbons (Fsp3) is 0.556. The molecule has 0 spiro atoms. The molecular weight excluding hydrogens is 280 g/mol. The fourth-order valence-electron chi connectivity index (χ4n) is 1.92. The van der Waals surface area contributed by atoms with Gasteiger partial charge in [-0.3, -0.25) is 9.59 Å². The first-order valence-corrected chi connectivity index (χ1v) is 7.89. The first-order chi connectivity index (χ1) is 10.4. The van der Waals surface area contributed by atoms with Crippen molar-refractivity contribution in [1.29, 1.82) is 0 Å². The number of carboxylic acid groups (broad SMARTS) is 2. The highest BCUT2D eigenvalue weighted by Crippen LogP contribution is 2.08. The standard InChI is InChI=1S/C10H18O4.C8H10/c11-9(12)7-5-3-1-2-4-6-8-10(13)14;1-7-5-3-4-6-8(7)2/h1-8H2,(H,11,12)(H,13,14);3-6H,1-2H3. The maximum absolute atomic E-state index is 10.1. The highest BCUT2D eigenvalue weighted by atomic mass is 16.4. The van der Waals surface area contributed by atoms with Crippen molar-refractivity contribution < 1.29 is 19.8 Å². The van der Waals surface area contributed by atoms with E-state index < -0.39 is 11.9 Å². The molecule has 4 heteroatoms. The summed E-state index contributed by atoms with van der Waals surface area (Å²) < 4.78 is 0. The Balaban J connectivity index is 0.000000461. The topological polar surface area (TPSA) is 74.6 Å². The van der Waals surface area contributed by atoms with Crippen LogP contribution in [0, 0.1) is 13.8 Å².